The van der Waals surface area contributed by atoms with Crippen LogP contribution in [0.4, 0.5) is 4.39 Å². The molecule has 0 aliphatic heterocycles. The molecule has 3 rings (SSSR count). The number of nitrogens with zero attached hydrogens (tertiary/aromatic N) is 2. The molecule has 0 atom stereocenters. The van der Waals surface area contributed by atoms with Crippen molar-refractivity contribution in [1.82, 2.24) is 4.57 Å². The number of aromatic nitrogens is 1. The fraction of sp³-hybridized carbons (Fsp3) is 0.0625. The number of fused-ring (bicyclic) bond motifs is 1. The molecule has 0 amide bonds. The largest absolute Gasteiger partial charge is 0.494 e. The number of benzene rings is 2. The van der Waals surface area contributed by atoms with Crippen molar-refractivity contribution in [1.29, 1.82) is 5.26 Å². The number of methoxy groups -OCH3 is 1. The molecule has 1 heterocycles. The van der Waals surface area contributed by atoms with E-state index in [1.165, 1.54) is 13.2 Å². The molecule has 0 aliphatic carbocycles. The first-order valence-corrected chi connectivity index (χ1v) is 6.08. The lowest BCUT2D eigenvalue weighted by molar-refractivity contribution is 0.387. The summed E-state index contributed by atoms with van der Waals surface area (Å²) in [5.74, 6) is -0.306. The maximum absolute atomic E-state index is 13.9. The third-order valence-electron chi connectivity index (χ3n) is 3.23. The molecule has 1 aromatic heterocycles. The lowest BCUT2D eigenvalue weighted by Gasteiger charge is -2.06. The van der Waals surface area contributed by atoms with Crippen LogP contribution < -0.4 is 4.74 Å². The summed E-state index contributed by atoms with van der Waals surface area (Å²) in [5.41, 5.74) is 2.01. The van der Waals surface area contributed by atoms with E-state index in [1.807, 2.05) is 30.3 Å². The van der Waals surface area contributed by atoms with E-state index in [9.17, 15) is 9.65 Å². The van der Waals surface area contributed by atoms with E-state index in [-0.39, 0.29) is 5.75 Å². The van der Waals surface area contributed by atoms with E-state index in [2.05, 4.69) is 6.07 Å². The van der Waals surface area contributed by atoms with Gasteiger partial charge in [-0.2, -0.15) is 5.26 Å². The van der Waals surface area contributed by atoms with Crippen LogP contribution in [-0.4, -0.2) is 11.7 Å². The number of halogens is 1. The Bertz CT molecular complexity index is 816. The molecule has 2 aromatic carbocycles. The Labute approximate surface area is 115 Å². The normalized spacial score (nSPS) is 10.4. The van der Waals surface area contributed by atoms with E-state index in [0.717, 1.165) is 5.69 Å². The van der Waals surface area contributed by atoms with Crippen molar-refractivity contribution >= 4 is 10.9 Å². The van der Waals surface area contributed by atoms with E-state index in [4.69, 9.17) is 4.74 Å². The van der Waals surface area contributed by atoms with Gasteiger partial charge in [0.15, 0.2) is 11.6 Å². The molecule has 0 saturated heterocycles. The van der Waals surface area contributed by atoms with Crippen molar-refractivity contribution < 1.29 is 9.13 Å². The molecule has 0 radical (unpaired) electrons. The fourth-order valence-electron chi connectivity index (χ4n) is 2.27. The topological polar surface area (TPSA) is 37.9 Å². The maximum atomic E-state index is 13.9. The molecule has 3 aromatic rings. The molecule has 0 unspecified atom stereocenters. The summed E-state index contributed by atoms with van der Waals surface area (Å²) in [7, 11) is 1.41. The molecule has 20 heavy (non-hydrogen) atoms. The summed E-state index contributed by atoms with van der Waals surface area (Å²) in [5, 5.41) is 9.91. The van der Waals surface area contributed by atoms with Gasteiger partial charge in [-0.25, -0.2) is 4.39 Å². The Morgan fingerprint density at radius 3 is 2.60 bits per heavy atom. The Hall–Kier alpha value is -2.80. The molecule has 0 aliphatic rings. The fourth-order valence-corrected chi connectivity index (χ4v) is 2.27. The van der Waals surface area contributed by atoms with Crippen molar-refractivity contribution in [2.45, 2.75) is 0 Å². The molecule has 0 spiro atoms. The van der Waals surface area contributed by atoms with Gasteiger partial charge in [0.1, 0.15) is 6.07 Å². The minimum atomic E-state index is -0.445. The molecule has 4 heteroatoms. The van der Waals surface area contributed by atoms with E-state index in [0.29, 0.717) is 16.5 Å². The van der Waals surface area contributed by atoms with E-state index < -0.39 is 5.82 Å². The van der Waals surface area contributed by atoms with Gasteiger partial charge in [0.25, 0.3) is 0 Å². The van der Waals surface area contributed by atoms with Crippen molar-refractivity contribution in [3.05, 3.63) is 60.0 Å². The summed E-state index contributed by atoms with van der Waals surface area (Å²) in [6.07, 6.45) is 1.71. The first-order chi connectivity index (χ1) is 9.74. The maximum Gasteiger partial charge on any atom is 0.167 e. The third kappa shape index (κ3) is 1.81. The Morgan fingerprint density at radius 1 is 1.20 bits per heavy atom. The standard InChI is InChI=1S/C16H11FN2O/c1-20-16-7-13-11(9-18)10-19(15(13)8-14(16)17)12-5-3-2-4-6-12/h2-8,10H,1H3. The van der Waals surface area contributed by atoms with Crippen molar-refractivity contribution in [2.75, 3.05) is 7.11 Å². The Kier molecular flexibility index (Phi) is 2.88. The second kappa shape index (κ2) is 4.71. The minimum Gasteiger partial charge on any atom is -0.494 e. The summed E-state index contributed by atoms with van der Waals surface area (Å²) in [6, 6.07) is 14.6. The molecule has 0 bridgehead atoms. The van der Waals surface area contributed by atoms with Gasteiger partial charge in [-0.1, -0.05) is 18.2 Å². The van der Waals surface area contributed by atoms with Gasteiger partial charge in [-0.15, -0.1) is 0 Å². The second-order valence-corrected chi connectivity index (χ2v) is 4.36. The Balaban J connectivity index is 2.35. The second-order valence-electron chi connectivity index (χ2n) is 4.36. The van der Waals surface area contributed by atoms with Gasteiger partial charge in [-0.05, 0) is 18.2 Å². The van der Waals surface area contributed by atoms with Crippen LogP contribution in [0, 0.1) is 17.1 Å². The highest BCUT2D eigenvalue weighted by atomic mass is 19.1. The lowest BCUT2D eigenvalue weighted by atomic mass is 10.2. The van der Waals surface area contributed by atoms with Gasteiger partial charge < -0.3 is 9.30 Å². The highest BCUT2D eigenvalue weighted by Crippen LogP contribution is 2.30. The average molecular weight is 266 g/mol. The van der Waals surface area contributed by atoms with Crippen LogP contribution in [0.25, 0.3) is 16.6 Å². The first kappa shape index (κ1) is 12.2. The van der Waals surface area contributed by atoms with Crippen LogP contribution in [0.15, 0.2) is 48.7 Å². The zero-order valence-corrected chi connectivity index (χ0v) is 10.8. The van der Waals surface area contributed by atoms with Crippen LogP contribution in [0.1, 0.15) is 5.56 Å². The van der Waals surface area contributed by atoms with Gasteiger partial charge in [0.05, 0.1) is 18.2 Å². The number of nitriles is 1. The molecule has 0 fully saturated rings. The van der Waals surface area contributed by atoms with Crippen LogP contribution in [0.5, 0.6) is 5.75 Å². The van der Waals surface area contributed by atoms with Crippen molar-refractivity contribution in [3.63, 3.8) is 0 Å². The molecule has 0 N–H and O–H groups in total. The van der Waals surface area contributed by atoms with Crippen LogP contribution in [0.2, 0.25) is 0 Å². The number of rotatable bonds is 2. The first-order valence-electron chi connectivity index (χ1n) is 6.08. The summed E-state index contributed by atoms with van der Waals surface area (Å²) in [4.78, 5) is 0. The molecule has 3 nitrogen and oxygen atoms in total. The zero-order chi connectivity index (χ0) is 14.1. The van der Waals surface area contributed by atoms with Crippen LogP contribution in [-0.2, 0) is 0 Å². The molecule has 0 saturated carbocycles. The van der Waals surface area contributed by atoms with Crippen molar-refractivity contribution in [2.24, 2.45) is 0 Å². The highest BCUT2D eigenvalue weighted by molar-refractivity contribution is 5.89. The third-order valence-corrected chi connectivity index (χ3v) is 3.23. The quantitative estimate of drug-likeness (QED) is 0.710. The monoisotopic (exact) mass is 266 g/mol. The predicted molar refractivity (Wildman–Crippen MR) is 74.5 cm³/mol. The average Bonchev–Trinajstić information content (AvgIpc) is 2.84. The number of para-hydroxylation sites is 1. The van der Waals surface area contributed by atoms with Crippen molar-refractivity contribution in [3.8, 4) is 17.5 Å². The molecule has 98 valence electrons. The SMILES string of the molecule is COc1cc2c(C#N)cn(-c3ccccc3)c2cc1F. The van der Waals surface area contributed by atoms with Gasteiger partial charge in [-0.3, -0.25) is 0 Å². The molecular weight excluding hydrogens is 255 g/mol. The summed E-state index contributed by atoms with van der Waals surface area (Å²) in [6.45, 7) is 0. The summed E-state index contributed by atoms with van der Waals surface area (Å²) >= 11 is 0. The van der Waals surface area contributed by atoms with Gasteiger partial charge >= 0.3 is 0 Å². The van der Waals surface area contributed by atoms with E-state index >= 15 is 0 Å². The van der Waals surface area contributed by atoms with Crippen LogP contribution >= 0.6 is 0 Å². The summed E-state index contributed by atoms with van der Waals surface area (Å²) < 4.78 is 20.7. The Morgan fingerprint density at radius 2 is 1.95 bits per heavy atom. The molecular formula is C16H11FN2O. The highest BCUT2D eigenvalue weighted by Gasteiger charge is 2.14. The minimum absolute atomic E-state index is 0.139. The lowest BCUT2D eigenvalue weighted by Crippen LogP contribution is -1.93. The van der Waals surface area contributed by atoms with E-state index in [1.54, 1.807) is 16.8 Å². The number of ether oxygens (including phenoxy) is 1. The zero-order valence-electron chi connectivity index (χ0n) is 10.8. The number of hydrogen-bond donors (Lipinski definition) is 0. The smallest absolute Gasteiger partial charge is 0.167 e. The van der Waals surface area contributed by atoms with Gasteiger partial charge in [0.2, 0.25) is 0 Å². The predicted octanol–water partition coefficient (Wildman–Crippen LogP) is 3.65. The van der Waals surface area contributed by atoms with Gasteiger partial charge in [0, 0.05) is 23.3 Å². The van der Waals surface area contributed by atoms with Crippen LogP contribution in [0.3, 0.4) is 0 Å². The number of hydrogen-bond acceptors (Lipinski definition) is 2.